The molecule has 1 N–H and O–H groups in total. The number of aryl methyl sites for hydroxylation is 2. The molecule has 3 heteroatoms. The molecule has 1 aromatic rings. The number of rotatable bonds is 4. The number of hydrogen-bond donors (Lipinski definition) is 1. The van der Waals surface area contributed by atoms with Crippen LogP contribution in [0.5, 0.6) is 0 Å². The van der Waals surface area contributed by atoms with Crippen molar-refractivity contribution in [2.75, 3.05) is 7.05 Å². The first-order chi connectivity index (χ1) is 8.21. The molecule has 1 rings (SSSR count). The SMILES string of the molecule is Cc1ccc(C(C)(C(=O)O)N(C)C(C)C)cc1C. The zero-order chi connectivity index (χ0) is 14.1. The van der Waals surface area contributed by atoms with Gasteiger partial charge in [-0.2, -0.15) is 0 Å². The maximum atomic E-state index is 11.7. The number of nitrogens with zero attached hydrogens (tertiary/aromatic N) is 1. The number of carboxylic acid groups (broad SMARTS) is 1. The van der Waals surface area contributed by atoms with Gasteiger partial charge in [-0.3, -0.25) is 4.90 Å². The number of carbonyl (C=O) groups is 1. The summed E-state index contributed by atoms with van der Waals surface area (Å²) in [5.74, 6) is -0.818. The molecule has 0 bridgehead atoms. The number of carboxylic acids is 1. The Balaban J connectivity index is 3.36. The Morgan fingerprint density at radius 3 is 2.22 bits per heavy atom. The van der Waals surface area contributed by atoms with Crippen LogP contribution in [0.3, 0.4) is 0 Å². The second-order valence-corrected chi connectivity index (χ2v) is 5.38. The van der Waals surface area contributed by atoms with Gasteiger partial charge in [0.25, 0.3) is 0 Å². The zero-order valence-corrected chi connectivity index (χ0v) is 12.1. The summed E-state index contributed by atoms with van der Waals surface area (Å²) in [7, 11) is 1.86. The van der Waals surface area contributed by atoms with Crippen LogP contribution in [0.4, 0.5) is 0 Å². The third kappa shape index (κ3) is 2.41. The monoisotopic (exact) mass is 249 g/mol. The molecular formula is C15H23NO2. The van der Waals surface area contributed by atoms with E-state index in [2.05, 4.69) is 0 Å². The van der Waals surface area contributed by atoms with Gasteiger partial charge in [0.05, 0.1) is 0 Å². The van der Waals surface area contributed by atoms with E-state index in [1.807, 2.05) is 57.8 Å². The lowest BCUT2D eigenvalue weighted by molar-refractivity contribution is -0.151. The van der Waals surface area contributed by atoms with Crippen LogP contribution in [-0.4, -0.2) is 29.1 Å². The summed E-state index contributed by atoms with van der Waals surface area (Å²) >= 11 is 0. The molecule has 0 saturated carbocycles. The van der Waals surface area contributed by atoms with E-state index in [4.69, 9.17) is 0 Å². The first-order valence-corrected chi connectivity index (χ1v) is 6.25. The van der Waals surface area contributed by atoms with Gasteiger partial charge >= 0.3 is 5.97 Å². The van der Waals surface area contributed by atoms with Gasteiger partial charge in [-0.05, 0) is 58.4 Å². The second kappa shape index (κ2) is 5.11. The van der Waals surface area contributed by atoms with Crippen LogP contribution in [0.15, 0.2) is 18.2 Å². The van der Waals surface area contributed by atoms with E-state index < -0.39 is 11.5 Å². The molecule has 0 aliphatic carbocycles. The summed E-state index contributed by atoms with van der Waals surface area (Å²) in [6, 6.07) is 6.03. The van der Waals surface area contributed by atoms with Crippen LogP contribution in [0.1, 0.15) is 37.5 Å². The number of hydrogen-bond acceptors (Lipinski definition) is 2. The summed E-state index contributed by atoms with van der Waals surface area (Å²) < 4.78 is 0. The van der Waals surface area contributed by atoms with Crippen LogP contribution in [0.25, 0.3) is 0 Å². The first-order valence-electron chi connectivity index (χ1n) is 6.25. The lowest BCUT2D eigenvalue weighted by atomic mass is 9.87. The van der Waals surface area contributed by atoms with Gasteiger partial charge in [0.1, 0.15) is 5.54 Å². The highest BCUT2D eigenvalue weighted by atomic mass is 16.4. The fourth-order valence-corrected chi connectivity index (χ4v) is 2.04. The Labute approximate surface area is 109 Å². The van der Waals surface area contributed by atoms with Gasteiger partial charge in [0.15, 0.2) is 0 Å². The molecule has 0 saturated heterocycles. The Bertz CT molecular complexity index is 454. The van der Waals surface area contributed by atoms with Crippen LogP contribution >= 0.6 is 0 Å². The molecule has 0 aromatic heterocycles. The van der Waals surface area contributed by atoms with Gasteiger partial charge in [-0.15, -0.1) is 0 Å². The quantitative estimate of drug-likeness (QED) is 0.892. The van der Waals surface area contributed by atoms with Crippen molar-refractivity contribution >= 4 is 5.97 Å². The summed E-state index contributed by atoms with van der Waals surface area (Å²) in [4.78, 5) is 13.6. The van der Waals surface area contributed by atoms with E-state index in [-0.39, 0.29) is 6.04 Å². The third-order valence-corrected chi connectivity index (χ3v) is 3.97. The second-order valence-electron chi connectivity index (χ2n) is 5.38. The van der Waals surface area contributed by atoms with E-state index in [0.29, 0.717) is 0 Å². The van der Waals surface area contributed by atoms with Crippen molar-refractivity contribution in [1.29, 1.82) is 0 Å². The molecule has 1 unspecified atom stereocenters. The van der Waals surface area contributed by atoms with Crippen LogP contribution in [0.2, 0.25) is 0 Å². The van der Waals surface area contributed by atoms with Crippen molar-refractivity contribution in [2.45, 2.75) is 46.2 Å². The molecule has 100 valence electrons. The average Bonchev–Trinajstić information content (AvgIpc) is 2.30. The molecule has 18 heavy (non-hydrogen) atoms. The average molecular weight is 249 g/mol. The third-order valence-electron chi connectivity index (χ3n) is 3.97. The minimum Gasteiger partial charge on any atom is -0.480 e. The van der Waals surface area contributed by atoms with Crippen molar-refractivity contribution in [3.8, 4) is 0 Å². The van der Waals surface area contributed by atoms with Gasteiger partial charge in [0.2, 0.25) is 0 Å². The van der Waals surface area contributed by atoms with E-state index in [9.17, 15) is 9.90 Å². The van der Waals surface area contributed by atoms with E-state index in [1.54, 1.807) is 6.92 Å². The molecule has 0 radical (unpaired) electrons. The molecule has 0 fully saturated rings. The molecule has 1 atom stereocenters. The highest BCUT2D eigenvalue weighted by Gasteiger charge is 2.40. The lowest BCUT2D eigenvalue weighted by Crippen LogP contribution is -2.50. The lowest BCUT2D eigenvalue weighted by Gasteiger charge is -2.38. The van der Waals surface area contributed by atoms with Crippen molar-refractivity contribution in [2.24, 2.45) is 0 Å². The molecule has 0 heterocycles. The Hall–Kier alpha value is -1.35. The highest BCUT2D eigenvalue weighted by molar-refractivity contribution is 5.80. The standard InChI is InChI=1S/C15H23NO2/c1-10(2)16(6)15(5,14(17)18)13-8-7-11(3)12(4)9-13/h7-10H,1-6H3,(H,17,18). The van der Waals surface area contributed by atoms with Crippen molar-refractivity contribution in [1.82, 2.24) is 4.90 Å². The predicted molar refractivity (Wildman–Crippen MR) is 73.8 cm³/mol. The first kappa shape index (κ1) is 14.7. The van der Waals surface area contributed by atoms with Crippen LogP contribution < -0.4 is 0 Å². The fraction of sp³-hybridized carbons (Fsp3) is 0.533. The number of aliphatic carboxylic acids is 1. The summed E-state index contributed by atoms with van der Waals surface area (Å²) in [6.45, 7) is 9.81. The fourth-order valence-electron chi connectivity index (χ4n) is 2.04. The van der Waals surface area contributed by atoms with Crippen molar-refractivity contribution in [3.63, 3.8) is 0 Å². The molecule has 0 amide bonds. The van der Waals surface area contributed by atoms with Crippen molar-refractivity contribution < 1.29 is 9.90 Å². The highest BCUT2D eigenvalue weighted by Crippen LogP contribution is 2.30. The summed E-state index contributed by atoms with van der Waals surface area (Å²) in [5.41, 5.74) is 2.14. The molecule has 3 nitrogen and oxygen atoms in total. The van der Waals surface area contributed by atoms with E-state index in [0.717, 1.165) is 11.1 Å². The molecular weight excluding hydrogens is 226 g/mol. The maximum absolute atomic E-state index is 11.7. The topological polar surface area (TPSA) is 40.5 Å². The van der Waals surface area contributed by atoms with Gasteiger partial charge in [-0.25, -0.2) is 4.79 Å². The molecule has 0 aliphatic heterocycles. The van der Waals surface area contributed by atoms with Crippen molar-refractivity contribution in [3.05, 3.63) is 34.9 Å². The van der Waals surface area contributed by atoms with Crippen LogP contribution in [0, 0.1) is 13.8 Å². The molecule has 0 spiro atoms. The minimum atomic E-state index is -0.993. The minimum absolute atomic E-state index is 0.160. The van der Waals surface area contributed by atoms with Gasteiger partial charge < -0.3 is 5.11 Å². The smallest absolute Gasteiger partial charge is 0.328 e. The summed E-state index contributed by atoms with van der Waals surface area (Å²) in [5, 5.41) is 9.62. The van der Waals surface area contributed by atoms with E-state index in [1.165, 1.54) is 5.56 Å². The number of benzene rings is 1. The predicted octanol–water partition coefficient (Wildman–Crippen LogP) is 2.94. The summed E-state index contributed by atoms with van der Waals surface area (Å²) in [6.07, 6.45) is 0. The molecule has 1 aromatic carbocycles. The van der Waals surface area contributed by atoms with E-state index >= 15 is 0 Å². The largest absolute Gasteiger partial charge is 0.480 e. The maximum Gasteiger partial charge on any atom is 0.328 e. The van der Waals surface area contributed by atoms with Gasteiger partial charge in [0, 0.05) is 6.04 Å². The normalized spacial score (nSPS) is 14.9. The molecule has 0 aliphatic rings. The Morgan fingerprint density at radius 2 is 1.83 bits per heavy atom. The number of likely N-dealkylation sites (N-methyl/N-ethyl adjacent to an activating group) is 1. The van der Waals surface area contributed by atoms with Gasteiger partial charge in [-0.1, -0.05) is 18.2 Å². The zero-order valence-electron chi connectivity index (χ0n) is 12.1. The Morgan fingerprint density at radius 1 is 1.28 bits per heavy atom. The van der Waals surface area contributed by atoms with Crippen LogP contribution in [-0.2, 0) is 10.3 Å². The Kier molecular flexibility index (Phi) is 4.17.